The van der Waals surface area contributed by atoms with Gasteiger partial charge in [0.1, 0.15) is 0 Å². The van der Waals surface area contributed by atoms with E-state index in [-0.39, 0.29) is 24.4 Å². The van der Waals surface area contributed by atoms with Crippen LogP contribution in [0, 0.1) is 0 Å². The molecular weight excluding hydrogens is 326 g/mol. The number of nitrogens with one attached hydrogen (secondary N) is 2. The fraction of sp³-hybridized carbons (Fsp3) is 0.524. The molecule has 2 amide bonds. The zero-order valence-corrected chi connectivity index (χ0v) is 15.6. The van der Waals surface area contributed by atoms with Crippen molar-refractivity contribution >= 4 is 22.7 Å². The number of carbonyl (C=O) groups excluding carboxylic acids is 2. The van der Waals surface area contributed by atoms with Crippen LogP contribution in [0.15, 0.2) is 30.5 Å². The Balaban J connectivity index is 1.51. The van der Waals surface area contributed by atoms with E-state index in [1.165, 1.54) is 23.8 Å². The van der Waals surface area contributed by atoms with Gasteiger partial charge in [0.05, 0.1) is 6.54 Å². The van der Waals surface area contributed by atoms with Crippen LogP contribution in [-0.2, 0) is 16.0 Å². The lowest BCUT2D eigenvalue weighted by atomic mass is 10.1. The number of rotatable bonds is 6. The second-order valence-corrected chi connectivity index (χ2v) is 7.25. The van der Waals surface area contributed by atoms with E-state index in [1.54, 1.807) is 11.8 Å². The Kier molecular flexibility index (Phi) is 6.31. The summed E-state index contributed by atoms with van der Waals surface area (Å²) in [5.41, 5.74) is 2.32. The van der Waals surface area contributed by atoms with E-state index < -0.39 is 0 Å². The van der Waals surface area contributed by atoms with E-state index in [1.807, 2.05) is 18.3 Å². The van der Waals surface area contributed by atoms with Crippen LogP contribution < -0.4 is 5.32 Å². The van der Waals surface area contributed by atoms with Gasteiger partial charge in [-0.2, -0.15) is 0 Å². The molecule has 0 unspecified atom stereocenters. The molecule has 2 N–H and O–H groups in total. The van der Waals surface area contributed by atoms with Crippen LogP contribution in [0.4, 0.5) is 0 Å². The molecule has 0 saturated heterocycles. The van der Waals surface area contributed by atoms with Gasteiger partial charge in [0, 0.05) is 36.6 Å². The lowest BCUT2D eigenvalue weighted by Gasteiger charge is -2.29. The summed E-state index contributed by atoms with van der Waals surface area (Å²) >= 11 is 0. The summed E-state index contributed by atoms with van der Waals surface area (Å²) in [6, 6.07) is 8.39. The van der Waals surface area contributed by atoms with Crippen LogP contribution in [0.2, 0.25) is 0 Å². The average Bonchev–Trinajstić information content (AvgIpc) is 2.85. The summed E-state index contributed by atoms with van der Waals surface area (Å²) in [5.74, 6) is -0.0621. The molecule has 0 aliphatic heterocycles. The molecule has 1 fully saturated rings. The first-order chi connectivity index (χ1) is 12.6. The molecule has 5 heteroatoms. The molecule has 2 aromatic rings. The number of aromatic amines is 1. The van der Waals surface area contributed by atoms with Gasteiger partial charge >= 0.3 is 0 Å². The molecular formula is C21H29N3O2. The number of hydrogen-bond acceptors (Lipinski definition) is 2. The summed E-state index contributed by atoms with van der Waals surface area (Å²) in [7, 11) is 0. The van der Waals surface area contributed by atoms with E-state index in [9.17, 15) is 9.59 Å². The molecule has 0 spiro atoms. The second-order valence-electron chi connectivity index (χ2n) is 7.25. The van der Waals surface area contributed by atoms with Crippen LogP contribution in [0.25, 0.3) is 10.9 Å². The Hall–Kier alpha value is -2.30. The number of fused-ring (bicyclic) bond motifs is 1. The van der Waals surface area contributed by atoms with E-state index in [0.717, 1.165) is 37.6 Å². The maximum absolute atomic E-state index is 12.4. The molecule has 26 heavy (non-hydrogen) atoms. The number of amides is 2. The zero-order valence-electron chi connectivity index (χ0n) is 15.6. The van der Waals surface area contributed by atoms with Crippen molar-refractivity contribution in [1.29, 1.82) is 0 Å². The van der Waals surface area contributed by atoms with E-state index in [4.69, 9.17) is 0 Å². The van der Waals surface area contributed by atoms with E-state index >= 15 is 0 Å². The fourth-order valence-electron chi connectivity index (χ4n) is 3.95. The highest BCUT2D eigenvalue weighted by Crippen LogP contribution is 2.22. The van der Waals surface area contributed by atoms with Crippen molar-refractivity contribution in [1.82, 2.24) is 15.2 Å². The van der Waals surface area contributed by atoms with E-state index in [0.29, 0.717) is 6.54 Å². The number of hydrogen-bond donors (Lipinski definition) is 2. The number of nitrogens with zero attached hydrogens (tertiary/aromatic N) is 1. The van der Waals surface area contributed by atoms with Gasteiger partial charge in [-0.25, -0.2) is 0 Å². The highest BCUT2D eigenvalue weighted by molar-refractivity contribution is 5.84. The molecule has 1 aromatic heterocycles. The Morgan fingerprint density at radius 2 is 1.88 bits per heavy atom. The Labute approximate surface area is 155 Å². The largest absolute Gasteiger partial charge is 0.361 e. The topological polar surface area (TPSA) is 65.2 Å². The van der Waals surface area contributed by atoms with Crippen LogP contribution in [0.5, 0.6) is 0 Å². The quantitative estimate of drug-likeness (QED) is 0.780. The van der Waals surface area contributed by atoms with Crippen LogP contribution >= 0.6 is 0 Å². The molecule has 5 nitrogen and oxygen atoms in total. The molecule has 1 heterocycles. The third-order valence-electron chi connectivity index (χ3n) is 5.38. The predicted molar refractivity (Wildman–Crippen MR) is 104 cm³/mol. The van der Waals surface area contributed by atoms with Crippen molar-refractivity contribution in [3.05, 3.63) is 36.0 Å². The maximum atomic E-state index is 12.4. The van der Waals surface area contributed by atoms with Gasteiger partial charge in [-0.15, -0.1) is 0 Å². The second kappa shape index (κ2) is 8.88. The fourth-order valence-corrected chi connectivity index (χ4v) is 3.95. The number of aromatic nitrogens is 1. The van der Waals surface area contributed by atoms with Crippen LogP contribution in [0.1, 0.15) is 51.0 Å². The molecule has 140 valence electrons. The maximum Gasteiger partial charge on any atom is 0.239 e. The van der Waals surface area contributed by atoms with Crippen molar-refractivity contribution in [2.24, 2.45) is 0 Å². The average molecular weight is 355 g/mol. The first kappa shape index (κ1) is 18.5. The van der Waals surface area contributed by atoms with Gasteiger partial charge in [0.25, 0.3) is 0 Å². The lowest BCUT2D eigenvalue weighted by molar-refractivity contribution is -0.136. The minimum absolute atomic E-state index is 0.00341. The highest BCUT2D eigenvalue weighted by Gasteiger charge is 2.24. The van der Waals surface area contributed by atoms with Gasteiger partial charge in [-0.3, -0.25) is 9.59 Å². The van der Waals surface area contributed by atoms with Crippen molar-refractivity contribution in [3.8, 4) is 0 Å². The molecule has 1 saturated carbocycles. The van der Waals surface area contributed by atoms with Gasteiger partial charge in [-0.1, -0.05) is 43.9 Å². The number of benzene rings is 1. The minimum Gasteiger partial charge on any atom is -0.361 e. The van der Waals surface area contributed by atoms with Gasteiger partial charge in [0.2, 0.25) is 11.8 Å². The third kappa shape index (κ3) is 4.65. The van der Waals surface area contributed by atoms with Crippen molar-refractivity contribution in [3.63, 3.8) is 0 Å². The summed E-state index contributed by atoms with van der Waals surface area (Å²) < 4.78 is 0. The normalized spacial score (nSPS) is 15.6. The van der Waals surface area contributed by atoms with Gasteiger partial charge < -0.3 is 15.2 Å². The van der Waals surface area contributed by atoms with Gasteiger partial charge in [0.15, 0.2) is 0 Å². The van der Waals surface area contributed by atoms with Crippen molar-refractivity contribution in [2.45, 2.75) is 57.9 Å². The molecule has 1 aliphatic rings. The summed E-state index contributed by atoms with van der Waals surface area (Å²) in [4.78, 5) is 29.4. The molecule has 0 radical (unpaired) electrons. The van der Waals surface area contributed by atoms with Crippen molar-refractivity contribution < 1.29 is 9.59 Å². The molecule has 0 atom stereocenters. The Bertz CT molecular complexity index is 745. The summed E-state index contributed by atoms with van der Waals surface area (Å²) in [6.07, 6.45) is 9.58. The number of para-hydroxylation sites is 1. The molecule has 3 rings (SSSR count). The number of H-pyrrole nitrogens is 1. The third-order valence-corrected chi connectivity index (χ3v) is 5.38. The lowest BCUT2D eigenvalue weighted by Crippen LogP contribution is -2.45. The van der Waals surface area contributed by atoms with Crippen LogP contribution in [-0.4, -0.2) is 40.8 Å². The SMILES string of the molecule is CC(=O)N(CC(=O)NCCc1c[nH]c2ccccc12)C1CCCCCC1. The van der Waals surface area contributed by atoms with Crippen molar-refractivity contribution in [2.75, 3.05) is 13.1 Å². The Morgan fingerprint density at radius 3 is 2.62 bits per heavy atom. The Morgan fingerprint density at radius 1 is 1.15 bits per heavy atom. The summed E-state index contributed by atoms with van der Waals surface area (Å²) in [6.45, 7) is 2.33. The molecule has 1 aromatic carbocycles. The molecule has 0 bridgehead atoms. The first-order valence-electron chi connectivity index (χ1n) is 9.74. The minimum atomic E-state index is -0.0655. The standard InChI is InChI=1S/C21H29N3O2/c1-16(25)24(18-8-4-2-3-5-9-18)15-21(26)22-13-12-17-14-23-20-11-7-6-10-19(17)20/h6-7,10-11,14,18,23H,2-5,8-9,12-13,15H2,1H3,(H,22,26). The first-order valence-corrected chi connectivity index (χ1v) is 9.74. The van der Waals surface area contributed by atoms with Gasteiger partial charge in [-0.05, 0) is 30.9 Å². The molecule has 1 aliphatic carbocycles. The number of carbonyl (C=O) groups is 2. The smallest absolute Gasteiger partial charge is 0.239 e. The summed E-state index contributed by atoms with van der Waals surface area (Å²) in [5, 5.41) is 4.18. The monoisotopic (exact) mass is 355 g/mol. The highest BCUT2D eigenvalue weighted by atomic mass is 16.2. The van der Waals surface area contributed by atoms with E-state index in [2.05, 4.69) is 22.4 Å². The van der Waals surface area contributed by atoms with Crippen LogP contribution in [0.3, 0.4) is 0 Å². The predicted octanol–water partition coefficient (Wildman–Crippen LogP) is 3.40. The zero-order chi connectivity index (χ0) is 18.4.